The van der Waals surface area contributed by atoms with Gasteiger partial charge in [0.1, 0.15) is 17.3 Å². The van der Waals surface area contributed by atoms with Crippen LogP contribution in [0.1, 0.15) is 27.0 Å². The summed E-state index contributed by atoms with van der Waals surface area (Å²) >= 11 is 0. The molecule has 39 heavy (non-hydrogen) atoms. The first-order valence-corrected chi connectivity index (χ1v) is 13.0. The van der Waals surface area contributed by atoms with Gasteiger partial charge in [0.15, 0.2) is 5.78 Å². The first-order chi connectivity index (χ1) is 18.3. The lowest BCUT2D eigenvalue weighted by Crippen LogP contribution is -2.13. The fourth-order valence-electron chi connectivity index (χ4n) is 3.91. The lowest BCUT2D eigenvalue weighted by molar-refractivity contribution is -0.137. The number of alkyl halides is 3. The van der Waals surface area contributed by atoms with E-state index < -0.39 is 34.0 Å². The van der Waals surface area contributed by atoms with Crippen LogP contribution in [0.4, 0.5) is 13.2 Å². The van der Waals surface area contributed by atoms with Gasteiger partial charge in [-0.3, -0.25) is 10.2 Å². The normalized spacial score (nSPS) is 11.7. The summed E-state index contributed by atoms with van der Waals surface area (Å²) in [5, 5.41) is 12.9. The summed E-state index contributed by atoms with van der Waals surface area (Å²) in [6.45, 7) is 0. The van der Waals surface area contributed by atoms with Crippen molar-refractivity contribution in [3.05, 3.63) is 113 Å². The molecule has 0 bridgehead atoms. The van der Waals surface area contributed by atoms with Gasteiger partial charge < -0.3 is 10.5 Å². The molecule has 0 radical (unpaired) electrons. The average molecular weight is 554 g/mol. The molecule has 0 aliphatic carbocycles. The van der Waals surface area contributed by atoms with Gasteiger partial charge in [0.25, 0.3) is 0 Å². The number of hydrogen-bond donors (Lipinski definition) is 3. The van der Waals surface area contributed by atoms with Gasteiger partial charge in [-0.1, -0.05) is 54.6 Å². The predicted molar refractivity (Wildman–Crippen MR) is 140 cm³/mol. The van der Waals surface area contributed by atoms with E-state index >= 15 is 0 Å². The zero-order valence-corrected chi connectivity index (χ0v) is 21.0. The number of carbonyl (C=O) groups is 1. The number of rotatable bonds is 8. The number of halogens is 3. The molecule has 7 nitrogen and oxygen atoms in total. The predicted octanol–water partition coefficient (Wildman–Crippen LogP) is 5.52. The second kappa shape index (κ2) is 10.7. The third-order valence-corrected chi connectivity index (χ3v) is 6.79. The number of amidine groups is 1. The van der Waals surface area contributed by atoms with Gasteiger partial charge in [-0.15, -0.1) is 0 Å². The highest BCUT2D eigenvalue weighted by Crippen LogP contribution is 2.35. The summed E-state index contributed by atoms with van der Waals surface area (Å²) in [5.74, 6) is -0.425. The van der Waals surface area contributed by atoms with Crippen LogP contribution >= 0.6 is 0 Å². The minimum atomic E-state index is -4.64. The molecule has 0 amide bonds. The maximum absolute atomic E-state index is 13.4. The van der Waals surface area contributed by atoms with Gasteiger partial charge in [-0.05, 0) is 42.0 Å². The molecule has 4 rings (SSSR count). The standard InChI is InChI=1S/C28H22F3N3O4S/c29-28(30,31)21-12-13-25(38-22-5-3-4-19(15-22)27(32)33)20(14-21)16-24(35)18-10-8-17(9-11-18)23-6-1-2-7-26(23)39(34,36)37/h1-15H,16H2,(H3,32,33)(H2,34,36,37). The smallest absolute Gasteiger partial charge is 0.416 e. The number of benzene rings is 4. The Morgan fingerprint density at radius 2 is 1.56 bits per heavy atom. The molecule has 0 unspecified atom stereocenters. The highest BCUT2D eigenvalue weighted by molar-refractivity contribution is 7.89. The Kier molecular flexibility index (Phi) is 7.57. The van der Waals surface area contributed by atoms with Crippen molar-refractivity contribution in [2.45, 2.75) is 17.5 Å². The number of nitrogens with two attached hydrogens (primary N) is 2. The molecule has 0 atom stereocenters. The van der Waals surface area contributed by atoms with E-state index in [1.807, 2.05) is 0 Å². The Bertz CT molecular complexity index is 1670. The molecule has 4 aromatic carbocycles. The number of ketones is 1. The minimum absolute atomic E-state index is 0.00620. The third kappa shape index (κ3) is 6.51. The molecular formula is C28H22F3N3O4S. The molecular weight excluding hydrogens is 531 g/mol. The van der Waals surface area contributed by atoms with Crippen molar-refractivity contribution in [3.8, 4) is 22.6 Å². The van der Waals surface area contributed by atoms with Crippen LogP contribution < -0.4 is 15.6 Å². The van der Waals surface area contributed by atoms with Gasteiger partial charge in [-0.2, -0.15) is 13.2 Å². The maximum atomic E-state index is 13.4. The van der Waals surface area contributed by atoms with Crippen molar-refractivity contribution in [2.75, 3.05) is 0 Å². The van der Waals surface area contributed by atoms with Crippen LogP contribution in [0.3, 0.4) is 0 Å². The van der Waals surface area contributed by atoms with Crippen LogP contribution in [-0.2, 0) is 22.6 Å². The van der Waals surface area contributed by atoms with Crippen LogP contribution in [0.25, 0.3) is 11.1 Å². The van der Waals surface area contributed by atoms with Crippen LogP contribution in [0.15, 0.2) is 95.9 Å². The van der Waals surface area contributed by atoms with Crippen molar-refractivity contribution in [3.63, 3.8) is 0 Å². The molecule has 11 heteroatoms. The number of nitrogen functional groups attached to an aromatic ring is 1. The summed E-state index contributed by atoms with van der Waals surface area (Å²) in [6.07, 6.45) is -5.04. The monoisotopic (exact) mass is 553 g/mol. The molecule has 0 aromatic heterocycles. The largest absolute Gasteiger partial charge is 0.457 e. The summed E-state index contributed by atoms with van der Waals surface area (Å²) in [4.78, 5) is 13.0. The fraction of sp³-hybridized carbons (Fsp3) is 0.0714. The molecule has 5 N–H and O–H groups in total. The lowest BCUT2D eigenvalue weighted by atomic mass is 9.98. The topological polar surface area (TPSA) is 136 Å². The fourth-order valence-corrected chi connectivity index (χ4v) is 4.67. The molecule has 0 spiro atoms. The Morgan fingerprint density at radius 1 is 0.872 bits per heavy atom. The summed E-state index contributed by atoms with van der Waals surface area (Å²) in [6, 6.07) is 21.1. The number of Topliss-reactive ketones (excluding diaryl/α,β-unsaturated/α-hetero) is 1. The average Bonchev–Trinajstić information content (AvgIpc) is 2.89. The molecule has 0 saturated carbocycles. The SMILES string of the molecule is N=C(N)c1cccc(Oc2ccc(C(F)(F)F)cc2CC(=O)c2ccc(-c3ccccc3S(N)(=O)=O)cc2)c1. The van der Waals surface area contributed by atoms with Crippen LogP contribution in [0, 0.1) is 5.41 Å². The number of carbonyl (C=O) groups excluding carboxylic acids is 1. The van der Waals surface area contributed by atoms with E-state index in [9.17, 15) is 26.4 Å². The van der Waals surface area contributed by atoms with Crippen LogP contribution in [-0.4, -0.2) is 20.0 Å². The second-order valence-corrected chi connectivity index (χ2v) is 10.1. The molecule has 0 heterocycles. The quantitative estimate of drug-likeness (QED) is 0.150. The number of ether oxygens (including phenoxy) is 1. The third-order valence-electron chi connectivity index (χ3n) is 5.82. The number of primary sulfonamides is 1. The number of hydrogen-bond acceptors (Lipinski definition) is 5. The van der Waals surface area contributed by atoms with Crippen LogP contribution in [0.2, 0.25) is 0 Å². The first kappa shape index (κ1) is 27.6. The molecule has 0 fully saturated rings. The van der Waals surface area contributed by atoms with Crippen molar-refractivity contribution in [1.82, 2.24) is 0 Å². The molecule has 200 valence electrons. The number of sulfonamides is 1. The summed E-state index contributed by atoms with van der Waals surface area (Å²) < 4.78 is 70.0. The van der Waals surface area contributed by atoms with E-state index in [4.69, 9.17) is 21.0 Å². The molecule has 0 aliphatic rings. The first-order valence-electron chi connectivity index (χ1n) is 11.4. The van der Waals surface area contributed by atoms with E-state index in [2.05, 4.69) is 0 Å². The second-order valence-electron chi connectivity index (χ2n) is 8.58. The Labute approximate surface area is 222 Å². The summed E-state index contributed by atoms with van der Waals surface area (Å²) in [5.41, 5.74) is 5.97. The van der Waals surface area contributed by atoms with E-state index in [1.54, 1.807) is 30.3 Å². The molecule has 4 aromatic rings. The minimum Gasteiger partial charge on any atom is -0.457 e. The van der Waals surface area contributed by atoms with E-state index in [0.717, 1.165) is 18.2 Å². The number of nitrogens with one attached hydrogen (secondary N) is 1. The van der Waals surface area contributed by atoms with Crippen molar-refractivity contribution in [2.24, 2.45) is 10.9 Å². The van der Waals surface area contributed by atoms with Gasteiger partial charge in [0, 0.05) is 28.7 Å². The lowest BCUT2D eigenvalue weighted by Gasteiger charge is -2.15. The van der Waals surface area contributed by atoms with E-state index in [1.165, 1.54) is 42.5 Å². The van der Waals surface area contributed by atoms with Crippen molar-refractivity contribution < 1.29 is 31.1 Å². The van der Waals surface area contributed by atoms with E-state index in [-0.39, 0.29) is 33.4 Å². The van der Waals surface area contributed by atoms with Crippen LogP contribution in [0.5, 0.6) is 11.5 Å². The zero-order chi connectivity index (χ0) is 28.4. The summed E-state index contributed by atoms with van der Waals surface area (Å²) in [7, 11) is -3.99. The Hall–Kier alpha value is -4.48. The van der Waals surface area contributed by atoms with Crippen molar-refractivity contribution in [1.29, 1.82) is 5.41 Å². The van der Waals surface area contributed by atoms with Gasteiger partial charge in [-0.25, -0.2) is 13.6 Å². The van der Waals surface area contributed by atoms with Crippen molar-refractivity contribution >= 4 is 21.6 Å². The Morgan fingerprint density at radius 3 is 2.21 bits per heavy atom. The maximum Gasteiger partial charge on any atom is 0.416 e. The molecule has 0 aliphatic heterocycles. The molecule has 0 saturated heterocycles. The highest BCUT2D eigenvalue weighted by atomic mass is 32.2. The van der Waals surface area contributed by atoms with E-state index in [0.29, 0.717) is 16.7 Å². The zero-order valence-electron chi connectivity index (χ0n) is 20.2. The Balaban J connectivity index is 1.64. The highest BCUT2D eigenvalue weighted by Gasteiger charge is 2.31. The van der Waals surface area contributed by atoms with Gasteiger partial charge >= 0.3 is 6.18 Å². The van der Waals surface area contributed by atoms with Gasteiger partial charge in [0.2, 0.25) is 10.0 Å². The van der Waals surface area contributed by atoms with Gasteiger partial charge in [0.05, 0.1) is 10.5 Å².